The van der Waals surface area contributed by atoms with Crippen molar-refractivity contribution in [3.05, 3.63) is 23.5 Å². The molecule has 0 amide bonds. The van der Waals surface area contributed by atoms with Gasteiger partial charge in [-0.05, 0) is 25.7 Å². The number of carboxylic acid groups (broad SMARTS) is 3. The van der Waals surface area contributed by atoms with Crippen LogP contribution in [0.25, 0.3) is 0 Å². The average Bonchev–Trinajstić information content (AvgIpc) is 3.09. The fourth-order valence-electron chi connectivity index (χ4n) is 5.77. The number of aliphatic hydroxyl groups is 7. The van der Waals surface area contributed by atoms with Crippen LogP contribution in [0.1, 0.15) is 30.4 Å². The highest BCUT2D eigenvalue weighted by atomic mass is 16.8. The van der Waals surface area contributed by atoms with E-state index in [-0.39, 0.29) is 49.8 Å². The summed E-state index contributed by atoms with van der Waals surface area (Å²) in [6, 6.07) is -4.13. The number of hydrogen-bond donors (Lipinski definition) is 14. The number of aliphatic hydroxyl groups excluding tert-OH is 7. The molecular weight excluding hydrogens is 704 g/mol. The van der Waals surface area contributed by atoms with Gasteiger partial charge in [-0.1, -0.05) is 0 Å². The molecule has 3 heterocycles. The molecule has 0 aromatic carbocycles. The molecule has 0 radical (unpaired) electrons. The van der Waals surface area contributed by atoms with Crippen LogP contribution in [0.4, 0.5) is 0 Å². The molecule has 3 rings (SSSR count). The SMILES string of the molecule is NC(CCc1c[n+](CC(CCC(N)C(=O)O)O[C@@H]2O[C@H](CO)[C@H](O)[C@H](O)[C@H]2O[C@@H]2O[C@H](CO)[C@@H](O)[C@H](O)[C@H]2O)cc(O)c1CC(N)C(=O)O)C(=O)O. The van der Waals surface area contributed by atoms with E-state index in [9.17, 15) is 70.6 Å². The number of nitrogens with zero attached hydrogens (tertiary/aromatic N) is 1. The first kappa shape index (κ1) is 43.2. The molecule has 2 fully saturated rings. The number of rotatable bonds is 19. The topological polar surface area (TPSA) is 393 Å². The lowest BCUT2D eigenvalue weighted by atomic mass is 9.96. The third kappa shape index (κ3) is 10.9. The van der Waals surface area contributed by atoms with Crippen LogP contribution in [-0.4, -0.2) is 173 Å². The molecule has 0 aliphatic carbocycles. The molecule has 1 aromatic rings. The van der Waals surface area contributed by atoms with Crippen molar-refractivity contribution in [1.29, 1.82) is 0 Å². The number of aromatic nitrogens is 1. The Morgan fingerprint density at radius 3 is 1.83 bits per heavy atom. The zero-order chi connectivity index (χ0) is 39.0. The van der Waals surface area contributed by atoms with Crippen molar-refractivity contribution < 1.29 is 94.1 Å². The lowest BCUT2D eigenvalue weighted by molar-refractivity contribution is -0.706. The van der Waals surface area contributed by atoms with Crippen molar-refractivity contribution in [2.45, 2.75) is 124 Å². The van der Waals surface area contributed by atoms with Gasteiger partial charge in [0.05, 0.1) is 13.2 Å². The smallest absolute Gasteiger partial charge is 0.320 e. The van der Waals surface area contributed by atoms with Crippen molar-refractivity contribution in [2.75, 3.05) is 13.2 Å². The number of aliphatic carboxylic acids is 3. The lowest BCUT2D eigenvalue weighted by Gasteiger charge is -2.46. The quantitative estimate of drug-likeness (QED) is 0.0584. The number of pyridine rings is 1. The average molecular weight is 754 g/mol. The van der Waals surface area contributed by atoms with Crippen molar-refractivity contribution in [3.8, 4) is 5.75 Å². The van der Waals surface area contributed by atoms with Crippen molar-refractivity contribution in [3.63, 3.8) is 0 Å². The third-order valence-corrected chi connectivity index (χ3v) is 8.91. The Kier molecular flexibility index (Phi) is 16.0. The Morgan fingerprint density at radius 1 is 0.731 bits per heavy atom. The number of aryl methyl sites for hydroxylation is 1. The molecule has 22 heteroatoms. The second-order valence-electron chi connectivity index (χ2n) is 12.8. The van der Waals surface area contributed by atoms with Gasteiger partial charge in [0.15, 0.2) is 31.1 Å². The fraction of sp³-hybridized carbons (Fsp3) is 0.733. The van der Waals surface area contributed by atoms with Crippen LogP contribution in [0.5, 0.6) is 5.75 Å². The summed E-state index contributed by atoms with van der Waals surface area (Å²) in [6.07, 6.45) is -16.9. The molecule has 52 heavy (non-hydrogen) atoms. The van der Waals surface area contributed by atoms with Gasteiger partial charge in [0, 0.05) is 17.5 Å². The predicted octanol–water partition coefficient (Wildman–Crippen LogP) is -6.82. The van der Waals surface area contributed by atoms with E-state index in [2.05, 4.69) is 0 Å². The zero-order valence-corrected chi connectivity index (χ0v) is 27.9. The maximum Gasteiger partial charge on any atom is 0.320 e. The van der Waals surface area contributed by atoms with Crippen LogP contribution in [0.2, 0.25) is 0 Å². The first-order chi connectivity index (χ1) is 24.4. The first-order valence-electron chi connectivity index (χ1n) is 16.3. The summed E-state index contributed by atoms with van der Waals surface area (Å²) in [5.74, 6) is -4.46. The normalized spacial score (nSPS) is 31.7. The predicted molar refractivity (Wildman–Crippen MR) is 168 cm³/mol. The third-order valence-electron chi connectivity index (χ3n) is 8.91. The van der Waals surface area contributed by atoms with Crippen LogP contribution < -0.4 is 21.8 Å². The van der Waals surface area contributed by atoms with Crippen LogP contribution in [0, 0.1) is 0 Å². The first-order valence-corrected chi connectivity index (χ1v) is 16.3. The van der Waals surface area contributed by atoms with E-state index in [1.54, 1.807) is 0 Å². The molecule has 4 unspecified atom stereocenters. The minimum absolute atomic E-state index is 0.0536. The van der Waals surface area contributed by atoms with Gasteiger partial charge in [0.25, 0.3) is 0 Å². The summed E-state index contributed by atoms with van der Waals surface area (Å²) >= 11 is 0. The number of aromatic hydroxyl groups is 1. The highest BCUT2D eigenvalue weighted by Crippen LogP contribution is 2.31. The minimum Gasteiger partial charge on any atom is -0.503 e. The summed E-state index contributed by atoms with van der Waals surface area (Å²) in [4.78, 5) is 34.4. The number of nitrogens with two attached hydrogens (primary N) is 3. The van der Waals surface area contributed by atoms with Crippen LogP contribution in [0.15, 0.2) is 12.4 Å². The van der Waals surface area contributed by atoms with Gasteiger partial charge in [-0.2, -0.15) is 4.57 Å². The van der Waals surface area contributed by atoms with Gasteiger partial charge in [-0.25, -0.2) is 0 Å². The van der Waals surface area contributed by atoms with E-state index in [1.807, 2.05) is 0 Å². The molecule has 0 saturated carbocycles. The van der Waals surface area contributed by atoms with Gasteiger partial charge in [-0.3, -0.25) is 14.4 Å². The van der Waals surface area contributed by atoms with Gasteiger partial charge < -0.3 is 92.3 Å². The Bertz CT molecular complexity index is 1360. The summed E-state index contributed by atoms with van der Waals surface area (Å²) in [5.41, 5.74) is 17.5. The number of hydrogen-bond acceptors (Lipinski definition) is 18. The van der Waals surface area contributed by atoms with Crippen LogP contribution >= 0.6 is 0 Å². The second kappa shape index (κ2) is 19.2. The highest BCUT2D eigenvalue weighted by molar-refractivity contribution is 5.74. The Morgan fingerprint density at radius 2 is 1.27 bits per heavy atom. The highest BCUT2D eigenvalue weighted by Gasteiger charge is 2.51. The van der Waals surface area contributed by atoms with Gasteiger partial charge in [-0.15, -0.1) is 0 Å². The van der Waals surface area contributed by atoms with E-state index in [0.717, 1.165) is 0 Å². The molecule has 2 aliphatic rings. The summed E-state index contributed by atoms with van der Waals surface area (Å²) < 4.78 is 24.3. The molecule has 14 atom stereocenters. The molecule has 17 N–H and O–H groups in total. The Balaban J connectivity index is 1.99. The van der Waals surface area contributed by atoms with Gasteiger partial charge in [0.2, 0.25) is 6.20 Å². The molecule has 1 aromatic heterocycles. The number of carboxylic acids is 3. The number of ether oxygens (including phenoxy) is 4. The van der Waals surface area contributed by atoms with Crippen LogP contribution in [0.3, 0.4) is 0 Å². The minimum atomic E-state index is -1.94. The lowest BCUT2D eigenvalue weighted by Crippen LogP contribution is -2.65. The zero-order valence-electron chi connectivity index (χ0n) is 27.9. The maximum absolute atomic E-state index is 11.5. The molecule has 296 valence electrons. The molecule has 0 bridgehead atoms. The van der Waals surface area contributed by atoms with Gasteiger partial charge >= 0.3 is 17.9 Å². The van der Waals surface area contributed by atoms with E-state index < -0.39 is 123 Å². The van der Waals surface area contributed by atoms with Crippen molar-refractivity contribution >= 4 is 17.9 Å². The van der Waals surface area contributed by atoms with Gasteiger partial charge in [0.1, 0.15) is 73.1 Å². The second-order valence-corrected chi connectivity index (χ2v) is 12.8. The van der Waals surface area contributed by atoms with E-state index in [4.69, 9.17) is 36.1 Å². The van der Waals surface area contributed by atoms with Crippen molar-refractivity contribution in [2.24, 2.45) is 17.2 Å². The van der Waals surface area contributed by atoms with E-state index in [0.29, 0.717) is 0 Å². The molecule has 2 aliphatic heterocycles. The van der Waals surface area contributed by atoms with E-state index >= 15 is 0 Å². The molecular formula is C30H49N4O18+. The van der Waals surface area contributed by atoms with Crippen LogP contribution in [-0.2, 0) is 52.7 Å². The monoisotopic (exact) mass is 753 g/mol. The molecule has 22 nitrogen and oxygen atoms in total. The summed E-state index contributed by atoms with van der Waals surface area (Å²) in [5, 5.41) is 111. The standard InChI is InChI=1S/C30H48N4O18/c31-14(26(43)44)3-1-11-6-34(8-17(37)13(11)5-16(33)28(47)48)7-12(2-4-15(32)27(45)46)49-30-25(23(41)21(39)19(10-36)51-30)52-29-24(42)22(40)20(38)18(9-35)50-29/h6,8,12,14-16,18-25,29-30,35-36,38-42H,1-5,7,9-10,31-33H2,(H3-,37,43,44,45,46,47,48)/p+1/t12?,14?,15?,16?,18-,19-,20-,21+,22+,23+,24-,25-,29+,30-/m1/s1. The maximum atomic E-state index is 11.5. The summed E-state index contributed by atoms with van der Waals surface area (Å²) in [6.45, 7) is -1.90. The fourth-order valence-corrected chi connectivity index (χ4v) is 5.77. The largest absolute Gasteiger partial charge is 0.503 e. The van der Waals surface area contributed by atoms with E-state index in [1.165, 1.54) is 17.0 Å². The summed E-state index contributed by atoms with van der Waals surface area (Å²) in [7, 11) is 0. The number of carbonyl (C=O) groups is 3. The Hall–Kier alpha value is -3.20. The molecule has 0 spiro atoms. The molecule has 2 saturated heterocycles. The Labute approximate surface area is 296 Å². The van der Waals surface area contributed by atoms with Crippen molar-refractivity contribution in [1.82, 2.24) is 0 Å².